The van der Waals surface area contributed by atoms with Crippen LogP contribution in [0, 0.1) is 6.92 Å². The van der Waals surface area contributed by atoms with Gasteiger partial charge >= 0.3 is 0 Å². The zero-order valence-electron chi connectivity index (χ0n) is 11.7. The Bertz CT molecular complexity index is 665. The number of amides is 2. The molecule has 2 amide bonds. The van der Waals surface area contributed by atoms with Gasteiger partial charge in [0.15, 0.2) is 0 Å². The lowest BCUT2D eigenvalue weighted by Crippen LogP contribution is -2.32. The fourth-order valence-electron chi connectivity index (χ4n) is 1.54. The number of methoxy groups -OCH3 is 1. The van der Waals surface area contributed by atoms with Crippen molar-refractivity contribution in [3.05, 3.63) is 16.8 Å². The van der Waals surface area contributed by atoms with E-state index in [1.54, 1.807) is 14.0 Å². The summed E-state index contributed by atoms with van der Waals surface area (Å²) in [6, 6.07) is 0. The molecule has 9 nitrogen and oxygen atoms in total. The Morgan fingerprint density at radius 2 is 2.19 bits per heavy atom. The number of rotatable bonds is 5. The third kappa shape index (κ3) is 3.75. The highest BCUT2D eigenvalue weighted by Crippen LogP contribution is 2.14. The summed E-state index contributed by atoms with van der Waals surface area (Å²) in [6.45, 7) is 1.60. The highest BCUT2D eigenvalue weighted by Gasteiger charge is 2.17. The molecule has 21 heavy (non-hydrogen) atoms. The van der Waals surface area contributed by atoms with Gasteiger partial charge in [-0.25, -0.2) is 0 Å². The van der Waals surface area contributed by atoms with Crippen molar-refractivity contribution in [3.63, 3.8) is 0 Å². The van der Waals surface area contributed by atoms with Crippen molar-refractivity contribution in [2.24, 2.45) is 7.05 Å². The first kappa shape index (κ1) is 14.9. The molecule has 2 N–H and O–H groups in total. The molecular weight excluding hydrogens is 296 g/mol. The lowest BCUT2D eigenvalue weighted by atomic mass is 10.3. The quantitative estimate of drug-likeness (QED) is 0.801. The molecule has 0 radical (unpaired) electrons. The first-order valence-corrected chi connectivity index (χ1v) is 6.77. The second-order valence-corrected chi connectivity index (χ2v) is 5.26. The predicted octanol–water partition coefficient (Wildman–Crippen LogP) is -0.0429. The van der Waals surface area contributed by atoms with Gasteiger partial charge in [0.2, 0.25) is 16.9 Å². The van der Waals surface area contributed by atoms with Crippen LogP contribution >= 0.6 is 11.3 Å². The standard InChI is InChI=1S/C11H14N6O3S/c1-6-14-15-11(21-6)13-8(18)4-12-9(19)7-5-17(2)16-10(7)20-3/h5H,4H2,1-3H3,(H,12,19)(H,13,15,18). The maximum atomic E-state index is 11.9. The molecule has 0 unspecified atom stereocenters. The normalized spacial score (nSPS) is 10.2. The molecule has 0 aliphatic rings. The van der Waals surface area contributed by atoms with E-state index in [1.807, 2.05) is 0 Å². The van der Waals surface area contributed by atoms with Crippen molar-refractivity contribution in [1.82, 2.24) is 25.3 Å². The smallest absolute Gasteiger partial charge is 0.258 e. The molecule has 2 aromatic rings. The lowest BCUT2D eigenvalue weighted by Gasteiger charge is -2.04. The van der Waals surface area contributed by atoms with Crippen LogP contribution in [0.25, 0.3) is 0 Å². The molecule has 112 valence electrons. The van der Waals surface area contributed by atoms with E-state index in [-0.39, 0.29) is 23.9 Å². The Balaban J connectivity index is 1.90. The molecule has 0 aromatic carbocycles. The van der Waals surface area contributed by atoms with Crippen molar-refractivity contribution in [1.29, 1.82) is 0 Å². The summed E-state index contributed by atoms with van der Waals surface area (Å²) in [5, 5.41) is 17.7. The second kappa shape index (κ2) is 6.31. The van der Waals surface area contributed by atoms with Crippen molar-refractivity contribution in [3.8, 4) is 5.88 Å². The van der Waals surface area contributed by atoms with Gasteiger partial charge in [0, 0.05) is 13.2 Å². The molecule has 2 heterocycles. The van der Waals surface area contributed by atoms with Gasteiger partial charge in [-0.15, -0.1) is 15.3 Å². The number of aryl methyl sites for hydroxylation is 2. The predicted molar refractivity (Wildman–Crippen MR) is 75.4 cm³/mol. The largest absolute Gasteiger partial charge is 0.479 e. The number of ether oxygens (including phenoxy) is 1. The van der Waals surface area contributed by atoms with Gasteiger partial charge in [-0.05, 0) is 6.92 Å². The Hall–Kier alpha value is -2.49. The number of carbonyl (C=O) groups is 2. The zero-order valence-corrected chi connectivity index (χ0v) is 12.5. The summed E-state index contributed by atoms with van der Waals surface area (Å²) >= 11 is 1.26. The lowest BCUT2D eigenvalue weighted by molar-refractivity contribution is -0.115. The van der Waals surface area contributed by atoms with Gasteiger partial charge in [-0.2, -0.15) is 0 Å². The summed E-state index contributed by atoms with van der Waals surface area (Å²) in [7, 11) is 3.09. The van der Waals surface area contributed by atoms with Gasteiger partial charge < -0.3 is 10.1 Å². The molecule has 0 aliphatic heterocycles. The van der Waals surface area contributed by atoms with Crippen LogP contribution in [0.5, 0.6) is 5.88 Å². The van der Waals surface area contributed by atoms with E-state index in [0.717, 1.165) is 5.01 Å². The number of carbonyl (C=O) groups excluding carboxylic acids is 2. The van der Waals surface area contributed by atoms with Crippen LogP contribution < -0.4 is 15.4 Å². The van der Waals surface area contributed by atoms with E-state index in [4.69, 9.17) is 4.74 Å². The van der Waals surface area contributed by atoms with Crippen LogP contribution in [0.1, 0.15) is 15.4 Å². The molecule has 0 saturated carbocycles. The topological polar surface area (TPSA) is 111 Å². The minimum Gasteiger partial charge on any atom is -0.479 e. The number of hydrogen-bond acceptors (Lipinski definition) is 7. The van der Waals surface area contributed by atoms with E-state index < -0.39 is 5.91 Å². The Morgan fingerprint density at radius 3 is 2.81 bits per heavy atom. The molecule has 10 heteroatoms. The van der Waals surface area contributed by atoms with E-state index in [0.29, 0.717) is 5.13 Å². The summed E-state index contributed by atoms with van der Waals surface area (Å²) < 4.78 is 6.44. The third-order valence-corrected chi connectivity index (χ3v) is 3.17. The van der Waals surface area contributed by atoms with E-state index in [2.05, 4.69) is 25.9 Å². The number of nitrogens with one attached hydrogen (secondary N) is 2. The number of aromatic nitrogens is 4. The van der Waals surface area contributed by atoms with E-state index in [9.17, 15) is 9.59 Å². The molecule has 2 rings (SSSR count). The summed E-state index contributed by atoms with van der Waals surface area (Å²) in [5.41, 5.74) is 0.263. The molecule has 0 fully saturated rings. The Kier molecular flexibility index (Phi) is 4.48. The highest BCUT2D eigenvalue weighted by molar-refractivity contribution is 7.15. The third-order valence-electron chi connectivity index (χ3n) is 2.41. The first-order chi connectivity index (χ1) is 9.99. The van der Waals surface area contributed by atoms with Gasteiger partial charge in [0.05, 0.1) is 13.7 Å². The SMILES string of the molecule is COc1nn(C)cc1C(=O)NCC(=O)Nc1nnc(C)s1. The zero-order chi connectivity index (χ0) is 15.4. The molecule has 0 aliphatic carbocycles. The van der Waals surface area contributed by atoms with Crippen LogP contribution in [0.3, 0.4) is 0 Å². The maximum absolute atomic E-state index is 11.9. The Labute approximate surface area is 124 Å². The van der Waals surface area contributed by atoms with Crippen LogP contribution in [0.15, 0.2) is 6.20 Å². The van der Waals surface area contributed by atoms with E-state index >= 15 is 0 Å². The van der Waals surface area contributed by atoms with Gasteiger partial charge in [-0.1, -0.05) is 11.3 Å². The number of nitrogens with zero attached hydrogens (tertiary/aromatic N) is 4. The van der Waals surface area contributed by atoms with Crippen molar-refractivity contribution < 1.29 is 14.3 Å². The summed E-state index contributed by atoms with van der Waals surface area (Å²) in [4.78, 5) is 23.6. The average Bonchev–Trinajstić information content (AvgIpc) is 3.01. The van der Waals surface area contributed by atoms with Crippen LogP contribution in [0.2, 0.25) is 0 Å². The first-order valence-electron chi connectivity index (χ1n) is 5.95. The minimum absolute atomic E-state index is 0.185. The van der Waals surface area contributed by atoms with Gasteiger partial charge in [0.1, 0.15) is 10.6 Å². The highest BCUT2D eigenvalue weighted by atomic mass is 32.1. The molecule has 0 bridgehead atoms. The van der Waals surface area contributed by atoms with Gasteiger partial charge in [0.25, 0.3) is 5.91 Å². The average molecular weight is 310 g/mol. The second-order valence-electron chi connectivity index (χ2n) is 4.08. The molecule has 2 aromatic heterocycles. The van der Waals surface area contributed by atoms with Crippen molar-refractivity contribution in [2.75, 3.05) is 19.0 Å². The van der Waals surface area contributed by atoms with Crippen LogP contribution in [-0.4, -0.2) is 45.4 Å². The van der Waals surface area contributed by atoms with Crippen molar-refractivity contribution in [2.45, 2.75) is 6.92 Å². The molecule has 0 atom stereocenters. The number of hydrogen-bond donors (Lipinski definition) is 2. The fourth-order valence-corrected chi connectivity index (χ4v) is 2.15. The summed E-state index contributed by atoms with van der Waals surface area (Å²) in [6.07, 6.45) is 1.51. The molecular formula is C11H14N6O3S. The summed E-state index contributed by atoms with van der Waals surface area (Å²) in [5.74, 6) is -0.624. The number of anilines is 1. The molecule has 0 saturated heterocycles. The van der Waals surface area contributed by atoms with Crippen molar-refractivity contribution >= 4 is 28.3 Å². The fraction of sp³-hybridized carbons (Fsp3) is 0.364. The van der Waals surface area contributed by atoms with Gasteiger partial charge in [-0.3, -0.25) is 19.6 Å². The minimum atomic E-state index is -0.441. The Morgan fingerprint density at radius 1 is 1.43 bits per heavy atom. The monoisotopic (exact) mass is 310 g/mol. The maximum Gasteiger partial charge on any atom is 0.258 e. The van der Waals surface area contributed by atoms with E-state index in [1.165, 1.54) is 29.3 Å². The van der Waals surface area contributed by atoms with Crippen LogP contribution in [0.4, 0.5) is 5.13 Å². The molecule has 0 spiro atoms. The van der Waals surface area contributed by atoms with Crippen LogP contribution in [-0.2, 0) is 11.8 Å².